The summed E-state index contributed by atoms with van der Waals surface area (Å²) >= 11 is 6.09. The fraction of sp³-hybridized carbons (Fsp3) is 0.292. The summed E-state index contributed by atoms with van der Waals surface area (Å²) in [6.45, 7) is 4.84. The Bertz CT molecular complexity index is 1530. The Morgan fingerprint density at radius 2 is 1.97 bits per heavy atom. The lowest BCUT2D eigenvalue weighted by molar-refractivity contribution is 0.0748. The first-order valence-electron chi connectivity index (χ1n) is 11.0. The largest absolute Gasteiger partial charge is 0.507 e. The van der Waals surface area contributed by atoms with Gasteiger partial charge in [0.15, 0.2) is 5.65 Å². The molecule has 0 unspecified atom stereocenters. The maximum atomic E-state index is 13.3. The minimum Gasteiger partial charge on any atom is -0.507 e. The Hall–Kier alpha value is -3.92. The topological polar surface area (TPSA) is 115 Å². The second-order valence-corrected chi connectivity index (χ2v) is 9.24. The van der Waals surface area contributed by atoms with E-state index in [4.69, 9.17) is 16.3 Å². The molecule has 180 valence electrons. The van der Waals surface area contributed by atoms with Crippen LogP contribution in [-0.4, -0.2) is 40.3 Å². The van der Waals surface area contributed by atoms with Gasteiger partial charge < -0.3 is 14.7 Å². The highest BCUT2D eigenvalue weighted by molar-refractivity contribution is 6.30. The van der Waals surface area contributed by atoms with E-state index in [-0.39, 0.29) is 35.4 Å². The fourth-order valence-electron chi connectivity index (χ4n) is 4.19. The number of hydrogen-bond donors (Lipinski definition) is 1. The van der Waals surface area contributed by atoms with Crippen LogP contribution in [0.5, 0.6) is 11.5 Å². The number of phenols is 1. The minimum atomic E-state index is -0.372. The van der Waals surface area contributed by atoms with E-state index in [1.807, 2.05) is 32.0 Å². The highest BCUT2D eigenvalue weighted by atomic mass is 35.5. The van der Waals surface area contributed by atoms with Crippen LogP contribution in [0.15, 0.2) is 41.5 Å². The van der Waals surface area contributed by atoms with Crippen molar-refractivity contribution < 1.29 is 14.6 Å². The SMILES string of the molecule is CC(C)c1cc(C(=O)N2Cc3ccc(Cl)cc3C2)c(O)cc1OCc1ncn2c(=O)n(C)nnc12. The summed E-state index contributed by atoms with van der Waals surface area (Å²) in [6.07, 6.45) is 1.37. The van der Waals surface area contributed by atoms with Crippen molar-refractivity contribution in [3.63, 3.8) is 0 Å². The second-order valence-electron chi connectivity index (χ2n) is 8.81. The summed E-state index contributed by atoms with van der Waals surface area (Å²) in [5.41, 5.74) is 3.36. The number of aryl methyl sites for hydroxylation is 1. The van der Waals surface area contributed by atoms with Gasteiger partial charge in [0.2, 0.25) is 0 Å². The number of amides is 1. The molecule has 0 bridgehead atoms. The number of carbonyl (C=O) groups is 1. The molecule has 3 heterocycles. The predicted molar refractivity (Wildman–Crippen MR) is 128 cm³/mol. The predicted octanol–water partition coefficient (Wildman–Crippen LogP) is 3.04. The van der Waals surface area contributed by atoms with Crippen LogP contribution in [0.1, 0.15) is 52.5 Å². The number of rotatable bonds is 5. The van der Waals surface area contributed by atoms with Crippen LogP contribution in [0.4, 0.5) is 0 Å². The molecular formula is C24H23ClN6O4. The normalized spacial score (nSPS) is 13.0. The molecule has 0 saturated heterocycles. The van der Waals surface area contributed by atoms with Gasteiger partial charge in [-0.1, -0.05) is 36.7 Å². The molecule has 35 heavy (non-hydrogen) atoms. The Morgan fingerprint density at radius 3 is 2.74 bits per heavy atom. The van der Waals surface area contributed by atoms with Gasteiger partial charge in [-0.15, -0.1) is 5.10 Å². The molecule has 0 saturated carbocycles. The molecular weight excluding hydrogens is 472 g/mol. The number of fused-ring (bicyclic) bond motifs is 2. The van der Waals surface area contributed by atoms with Gasteiger partial charge in [-0.05, 0) is 40.8 Å². The standard InChI is InChI=1S/C24H23ClN6O4/c1-13(2)17-7-18(23(33)30-9-14-4-5-16(25)6-15(14)10-30)20(32)8-21(17)35-11-19-22-27-28-29(3)24(34)31(22)12-26-19/h4-8,12-13,32H,9-11H2,1-3H3. The number of carbonyl (C=O) groups excluding carboxylic acids is 1. The number of benzene rings is 2. The van der Waals surface area contributed by atoms with Crippen LogP contribution in [0.2, 0.25) is 5.02 Å². The summed E-state index contributed by atoms with van der Waals surface area (Å²) in [5, 5.41) is 19.2. The summed E-state index contributed by atoms with van der Waals surface area (Å²) in [5.74, 6) is -0.0118. The van der Waals surface area contributed by atoms with Crippen LogP contribution in [0.25, 0.3) is 5.65 Å². The smallest absolute Gasteiger partial charge is 0.352 e. The van der Waals surface area contributed by atoms with Crippen LogP contribution in [-0.2, 0) is 26.7 Å². The number of ether oxygens (including phenoxy) is 1. The van der Waals surface area contributed by atoms with Crippen molar-refractivity contribution in [3.8, 4) is 11.5 Å². The van der Waals surface area contributed by atoms with Gasteiger partial charge in [-0.3, -0.25) is 4.79 Å². The van der Waals surface area contributed by atoms with Crippen molar-refractivity contribution in [1.82, 2.24) is 29.3 Å². The van der Waals surface area contributed by atoms with E-state index in [2.05, 4.69) is 15.3 Å². The molecule has 1 aliphatic heterocycles. The average Bonchev–Trinajstić information content (AvgIpc) is 3.43. The van der Waals surface area contributed by atoms with E-state index < -0.39 is 0 Å². The number of phenolic OH excluding ortho intramolecular Hbond substituents is 1. The van der Waals surface area contributed by atoms with E-state index in [9.17, 15) is 14.7 Å². The number of aromatic hydroxyl groups is 1. The third-order valence-corrected chi connectivity index (χ3v) is 6.33. The van der Waals surface area contributed by atoms with E-state index >= 15 is 0 Å². The third-order valence-electron chi connectivity index (χ3n) is 6.09. The number of nitrogens with zero attached hydrogens (tertiary/aromatic N) is 6. The van der Waals surface area contributed by atoms with Crippen molar-refractivity contribution in [2.24, 2.45) is 7.05 Å². The number of imidazole rings is 1. The zero-order valence-corrected chi connectivity index (χ0v) is 20.2. The lowest BCUT2D eigenvalue weighted by Gasteiger charge is -2.20. The van der Waals surface area contributed by atoms with Gasteiger partial charge in [-0.25, -0.2) is 14.2 Å². The molecule has 0 spiro atoms. The number of halogens is 1. The average molecular weight is 495 g/mol. The van der Waals surface area contributed by atoms with Crippen molar-refractivity contribution in [3.05, 3.63) is 80.1 Å². The van der Waals surface area contributed by atoms with Gasteiger partial charge in [0.1, 0.15) is 30.1 Å². The molecule has 5 rings (SSSR count). The Balaban J connectivity index is 1.41. The summed E-state index contributed by atoms with van der Waals surface area (Å²) in [7, 11) is 1.50. The molecule has 10 nitrogen and oxygen atoms in total. The minimum absolute atomic E-state index is 0.00694. The van der Waals surface area contributed by atoms with Gasteiger partial charge in [0, 0.05) is 31.2 Å². The second kappa shape index (κ2) is 8.70. The molecule has 2 aromatic carbocycles. The van der Waals surface area contributed by atoms with Crippen molar-refractivity contribution in [2.45, 2.75) is 39.5 Å². The van der Waals surface area contributed by atoms with Crippen molar-refractivity contribution in [1.29, 1.82) is 0 Å². The quantitative estimate of drug-likeness (QED) is 0.453. The van der Waals surface area contributed by atoms with Crippen molar-refractivity contribution in [2.75, 3.05) is 0 Å². The molecule has 1 aliphatic rings. The van der Waals surface area contributed by atoms with Crippen LogP contribution in [0.3, 0.4) is 0 Å². The van der Waals surface area contributed by atoms with Crippen LogP contribution < -0.4 is 10.4 Å². The first-order valence-corrected chi connectivity index (χ1v) is 11.4. The molecule has 1 amide bonds. The van der Waals surface area contributed by atoms with Gasteiger partial charge in [-0.2, -0.15) is 4.68 Å². The molecule has 4 aromatic rings. The van der Waals surface area contributed by atoms with Crippen molar-refractivity contribution >= 4 is 23.2 Å². The Labute approximate surface area is 205 Å². The first-order chi connectivity index (χ1) is 16.7. The van der Waals surface area contributed by atoms with Crippen LogP contribution in [0, 0.1) is 0 Å². The highest BCUT2D eigenvalue weighted by Crippen LogP contribution is 2.36. The van der Waals surface area contributed by atoms with E-state index in [1.54, 1.807) is 11.0 Å². The molecule has 1 N–H and O–H groups in total. The van der Waals surface area contributed by atoms with Gasteiger partial charge in [0.05, 0.1) is 5.56 Å². The molecule has 0 aliphatic carbocycles. The van der Waals surface area contributed by atoms with E-state index in [0.29, 0.717) is 35.2 Å². The Morgan fingerprint density at radius 1 is 1.20 bits per heavy atom. The maximum absolute atomic E-state index is 13.3. The molecule has 0 fully saturated rings. The lowest BCUT2D eigenvalue weighted by Crippen LogP contribution is -2.27. The van der Waals surface area contributed by atoms with E-state index in [1.165, 1.54) is 23.8 Å². The zero-order valence-electron chi connectivity index (χ0n) is 19.4. The monoisotopic (exact) mass is 494 g/mol. The number of hydrogen-bond acceptors (Lipinski definition) is 7. The molecule has 0 radical (unpaired) electrons. The zero-order chi connectivity index (χ0) is 24.9. The summed E-state index contributed by atoms with van der Waals surface area (Å²) in [4.78, 5) is 31.4. The van der Waals surface area contributed by atoms with Crippen LogP contribution >= 0.6 is 11.6 Å². The molecule has 0 atom stereocenters. The third kappa shape index (κ3) is 4.10. The molecule has 11 heteroatoms. The lowest BCUT2D eigenvalue weighted by atomic mass is 9.98. The van der Waals surface area contributed by atoms with Gasteiger partial charge in [0.25, 0.3) is 5.91 Å². The Kier molecular flexibility index (Phi) is 5.68. The molecule has 2 aromatic heterocycles. The summed E-state index contributed by atoms with van der Waals surface area (Å²) in [6, 6.07) is 8.71. The highest BCUT2D eigenvalue weighted by Gasteiger charge is 2.27. The summed E-state index contributed by atoms with van der Waals surface area (Å²) < 4.78 is 8.37. The maximum Gasteiger partial charge on any atom is 0.352 e. The fourth-order valence-corrected chi connectivity index (χ4v) is 4.38. The van der Waals surface area contributed by atoms with Gasteiger partial charge >= 0.3 is 5.69 Å². The number of aromatic nitrogens is 5. The first kappa shape index (κ1) is 22.9. The van der Waals surface area contributed by atoms with E-state index in [0.717, 1.165) is 21.4 Å².